The lowest BCUT2D eigenvalue weighted by molar-refractivity contribution is -0.156. The Hall–Kier alpha value is -2.88. The van der Waals surface area contributed by atoms with Gasteiger partial charge in [-0.05, 0) is 32.0 Å². The summed E-state index contributed by atoms with van der Waals surface area (Å²) in [5, 5.41) is 3.66. The summed E-state index contributed by atoms with van der Waals surface area (Å²) < 4.78 is 55.6. The minimum absolute atomic E-state index is 0.0503. The molecule has 1 atom stereocenters. The van der Waals surface area contributed by atoms with E-state index in [4.69, 9.17) is 16.0 Å². The summed E-state index contributed by atoms with van der Waals surface area (Å²) in [7, 11) is 0. The van der Waals surface area contributed by atoms with Gasteiger partial charge in [0, 0.05) is 11.8 Å². The highest BCUT2D eigenvalue weighted by Crippen LogP contribution is 2.22. The fourth-order valence-electron chi connectivity index (χ4n) is 2.05. The van der Waals surface area contributed by atoms with E-state index in [9.17, 15) is 31.9 Å². The number of halogens is 5. The Morgan fingerprint density at radius 2 is 1.82 bits per heavy atom. The van der Waals surface area contributed by atoms with Gasteiger partial charge < -0.3 is 15.1 Å². The van der Waals surface area contributed by atoms with Crippen LogP contribution in [0.25, 0.3) is 0 Å². The molecule has 2 amide bonds. The molecule has 1 aromatic heterocycles. The van der Waals surface area contributed by atoms with Crippen LogP contribution in [0, 0.1) is 12.7 Å². The van der Waals surface area contributed by atoms with Crippen LogP contribution in [-0.2, 0) is 4.79 Å². The lowest BCUT2D eigenvalue weighted by Gasteiger charge is -2.16. The van der Waals surface area contributed by atoms with Crippen LogP contribution in [0.2, 0.25) is 5.02 Å². The minimum Gasteiger partial charge on any atom is -0.457 e. The Kier molecular flexibility index (Phi) is 6.13. The molecular weight excluding hydrogens is 408 g/mol. The third kappa shape index (κ3) is 4.89. The van der Waals surface area contributed by atoms with Gasteiger partial charge in [-0.15, -0.1) is 0 Å². The number of hydrogen-bond acceptors (Lipinski definition) is 4. The van der Waals surface area contributed by atoms with E-state index in [-0.39, 0.29) is 22.0 Å². The van der Waals surface area contributed by atoms with E-state index in [1.807, 2.05) is 0 Å². The molecule has 150 valence electrons. The molecule has 0 aliphatic heterocycles. The summed E-state index contributed by atoms with van der Waals surface area (Å²) in [6.07, 6.45) is -4.73. The van der Waals surface area contributed by atoms with Gasteiger partial charge in [-0.25, -0.2) is 4.39 Å². The Labute approximate surface area is 160 Å². The number of nitrogens with one attached hydrogen (secondary N) is 2. The zero-order chi connectivity index (χ0) is 21.2. The third-order valence-corrected chi connectivity index (χ3v) is 3.90. The Bertz CT molecular complexity index is 940. The molecule has 1 heterocycles. The van der Waals surface area contributed by atoms with Crippen molar-refractivity contribution in [1.82, 2.24) is 5.32 Å². The zero-order valence-corrected chi connectivity index (χ0v) is 15.2. The number of hydrogen-bond donors (Lipinski definition) is 2. The minimum atomic E-state index is -4.73. The first-order chi connectivity index (χ1) is 12.9. The summed E-state index contributed by atoms with van der Waals surface area (Å²) >= 11 is 5.61. The van der Waals surface area contributed by atoms with Gasteiger partial charge in [0.2, 0.25) is 0 Å². The predicted molar refractivity (Wildman–Crippen MR) is 90.8 cm³/mol. The van der Waals surface area contributed by atoms with Crippen molar-refractivity contribution in [1.29, 1.82) is 0 Å². The SMILES string of the molecule is Cc1oc(C(=O)C(=O)NC(C)C(F)(F)F)cc1C(=O)Nc1ccc(F)c(Cl)c1. The number of benzene rings is 1. The molecule has 11 heteroatoms. The number of ketones is 1. The molecule has 0 spiro atoms. The van der Waals surface area contributed by atoms with E-state index in [1.54, 1.807) is 0 Å². The van der Waals surface area contributed by atoms with E-state index in [0.29, 0.717) is 6.92 Å². The lowest BCUT2D eigenvalue weighted by atomic mass is 10.2. The van der Waals surface area contributed by atoms with Gasteiger partial charge in [0.15, 0.2) is 5.76 Å². The molecule has 1 unspecified atom stereocenters. The second kappa shape index (κ2) is 8.01. The Morgan fingerprint density at radius 1 is 1.18 bits per heavy atom. The van der Waals surface area contributed by atoms with Crippen molar-refractivity contribution in [2.24, 2.45) is 0 Å². The van der Waals surface area contributed by atoms with Crippen molar-refractivity contribution in [2.75, 3.05) is 5.32 Å². The molecule has 0 bridgehead atoms. The molecule has 1 aromatic carbocycles. The lowest BCUT2D eigenvalue weighted by Crippen LogP contribution is -2.45. The molecule has 0 radical (unpaired) electrons. The van der Waals surface area contributed by atoms with E-state index in [0.717, 1.165) is 18.2 Å². The smallest absolute Gasteiger partial charge is 0.408 e. The number of furan rings is 1. The Balaban J connectivity index is 2.15. The van der Waals surface area contributed by atoms with Crippen LogP contribution in [0.1, 0.15) is 33.6 Å². The Morgan fingerprint density at radius 3 is 2.39 bits per heavy atom. The highest BCUT2D eigenvalue weighted by atomic mass is 35.5. The molecule has 0 saturated heterocycles. The average Bonchev–Trinajstić information content (AvgIpc) is 2.98. The third-order valence-electron chi connectivity index (χ3n) is 3.61. The largest absolute Gasteiger partial charge is 0.457 e. The van der Waals surface area contributed by atoms with Gasteiger partial charge in [0.1, 0.15) is 17.6 Å². The first kappa shape index (κ1) is 21.4. The molecule has 0 aliphatic carbocycles. The summed E-state index contributed by atoms with van der Waals surface area (Å²) in [5.41, 5.74) is 0.0158. The van der Waals surface area contributed by atoms with E-state index >= 15 is 0 Å². The van der Waals surface area contributed by atoms with Crippen LogP contribution in [0.5, 0.6) is 0 Å². The number of anilines is 1. The fourth-order valence-corrected chi connectivity index (χ4v) is 2.23. The number of alkyl halides is 3. The molecule has 0 aliphatic rings. The van der Waals surface area contributed by atoms with Crippen LogP contribution >= 0.6 is 11.6 Å². The van der Waals surface area contributed by atoms with Gasteiger partial charge in [-0.1, -0.05) is 11.6 Å². The van der Waals surface area contributed by atoms with E-state index in [1.165, 1.54) is 18.3 Å². The maximum absolute atomic E-state index is 13.1. The van der Waals surface area contributed by atoms with Crippen LogP contribution in [0.4, 0.5) is 23.2 Å². The van der Waals surface area contributed by atoms with Crippen molar-refractivity contribution in [3.05, 3.63) is 52.2 Å². The van der Waals surface area contributed by atoms with E-state index < -0.39 is 41.4 Å². The molecular formula is C17H13ClF4N2O4. The monoisotopic (exact) mass is 420 g/mol. The van der Waals surface area contributed by atoms with Crippen molar-refractivity contribution in [3.8, 4) is 0 Å². The van der Waals surface area contributed by atoms with Crippen LogP contribution in [0.15, 0.2) is 28.7 Å². The number of carbonyl (C=O) groups excluding carboxylic acids is 3. The van der Waals surface area contributed by atoms with Gasteiger partial charge in [0.05, 0.1) is 10.6 Å². The highest BCUT2D eigenvalue weighted by molar-refractivity contribution is 6.42. The fraction of sp³-hybridized carbons (Fsp3) is 0.235. The predicted octanol–water partition coefficient (Wildman–Crippen LogP) is 3.88. The molecule has 0 saturated carbocycles. The molecule has 2 aromatic rings. The molecule has 28 heavy (non-hydrogen) atoms. The number of rotatable bonds is 5. The first-order valence-electron chi connectivity index (χ1n) is 7.69. The van der Waals surface area contributed by atoms with Crippen molar-refractivity contribution >= 4 is 34.9 Å². The molecule has 2 rings (SSSR count). The van der Waals surface area contributed by atoms with Gasteiger partial charge >= 0.3 is 6.18 Å². The molecule has 0 fully saturated rings. The first-order valence-corrected chi connectivity index (χ1v) is 8.06. The second-order valence-corrected chi connectivity index (χ2v) is 6.14. The molecule has 2 N–H and O–H groups in total. The summed E-state index contributed by atoms with van der Waals surface area (Å²) in [6.45, 7) is 1.99. The van der Waals surface area contributed by atoms with Crippen LogP contribution < -0.4 is 10.6 Å². The normalized spacial score (nSPS) is 12.4. The number of aryl methyl sites for hydroxylation is 1. The summed E-state index contributed by atoms with van der Waals surface area (Å²) in [4.78, 5) is 35.9. The number of amides is 2. The number of Topliss-reactive ketones (excluding diaryl/α,β-unsaturated/α-hetero) is 1. The standard InChI is InChI=1S/C17H13ClF4N2O4/c1-7-10(15(26)24-9-3-4-12(19)11(18)5-9)6-13(28-7)14(25)16(27)23-8(2)17(20,21)22/h3-6,8H,1-2H3,(H,23,27)(H,24,26). The summed E-state index contributed by atoms with van der Waals surface area (Å²) in [5.74, 6) is -5.01. The van der Waals surface area contributed by atoms with E-state index in [2.05, 4.69) is 5.32 Å². The second-order valence-electron chi connectivity index (χ2n) is 5.73. The van der Waals surface area contributed by atoms with Crippen LogP contribution in [0.3, 0.4) is 0 Å². The zero-order valence-electron chi connectivity index (χ0n) is 14.4. The maximum Gasteiger partial charge on any atom is 0.408 e. The van der Waals surface area contributed by atoms with Crippen LogP contribution in [-0.4, -0.2) is 29.8 Å². The summed E-state index contributed by atoms with van der Waals surface area (Å²) in [6, 6.07) is 2.11. The quantitative estimate of drug-likeness (QED) is 0.436. The van der Waals surface area contributed by atoms with Crippen molar-refractivity contribution < 1.29 is 36.4 Å². The van der Waals surface area contributed by atoms with Crippen molar-refractivity contribution in [3.63, 3.8) is 0 Å². The topological polar surface area (TPSA) is 88.4 Å². The highest BCUT2D eigenvalue weighted by Gasteiger charge is 2.38. The average molecular weight is 421 g/mol. The van der Waals surface area contributed by atoms with Gasteiger partial charge in [-0.2, -0.15) is 13.2 Å². The maximum atomic E-state index is 13.1. The van der Waals surface area contributed by atoms with Gasteiger partial charge in [-0.3, -0.25) is 14.4 Å². The van der Waals surface area contributed by atoms with Gasteiger partial charge in [0.25, 0.3) is 17.6 Å². The van der Waals surface area contributed by atoms with Crippen molar-refractivity contribution in [2.45, 2.75) is 26.1 Å². The number of carbonyl (C=O) groups is 3. The molecule has 6 nitrogen and oxygen atoms in total.